The first-order valence-corrected chi connectivity index (χ1v) is 14.3. The topological polar surface area (TPSA) is 79.0 Å². The zero-order valence-electron chi connectivity index (χ0n) is 23.4. The summed E-state index contributed by atoms with van der Waals surface area (Å²) in [6.07, 6.45) is 2.33. The Morgan fingerprint density at radius 3 is 2.48 bits per heavy atom. The summed E-state index contributed by atoms with van der Waals surface area (Å²) in [6.45, 7) is 4.43. The number of hydrogen-bond acceptors (Lipinski definition) is 5. The second kappa shape index (κ2) is 11.7. The van der Waals surface area contributed by atoms with Gasteiger partial charge >= 0.3 is 0 Å². The molecule has 1 atom stereocenters. The summed E-state index contributed by atoms with van der Waals surface area (Å²) in [7, 11) is 0. The highest BCUT2D eigenvalue weighted by Gasteiger charge is 2.38. The standard InChI is InChI=1S/C34H32FN3O4/c1-2-4-31(33(40)36-21-39)38-30-16-11-24(28-5-3-6-29(32(28)30)34(38)41)17-22-7-9-23(10-8-22)18-37-19-27(20-37)42-26-14-12-25(35)13-15-26/h3,5-16,21,27,31H,2,4,17-20H2,1H3,(H,36,39,40). The average molecular weight is 566 g/mol. The molecule has 0 radical (unpaired) electrons. The molecule has 0 aromatic heterocycles. The summed E-state index contributed by atoms with van der Waals surface area (Å²) < 4.78 is 19.0. The molecular weight excluding hydrogens is 533 g/mol. The van der Waals surface area contributed by atoms with Crippen molar-refractivity contribution in [1.29, 1.82) is 0 Å². The van der Waals surface area contributed by atoms with E-state index in [9.17, 15) is 18.8 Å². The van der Waals surface area contributed by atoms with E-state index in [1.54, 1.807) is 23.1 Å². The Labute approximate surface area is 243 Å². The number of anilines is 1. The van der Waals surface area contributed by atoms with Crippen LogP contribution in [-0.2, 0) is 22.6 Å². The maximum Gasteiger partial charge on any atom is 0.259 e. The number of rotatable bonds is 11. The molecule has 0 aliphatic carbocycles. The van der Waals surface area contributed by atoms with Crippen LogP contribution in [0.4, 0.5) is 10.1 Å². The first kappa shape index (κ1) is 27.6. The molecule has 2 heterocycles. The molecule has 4 aromatic rings. The fourth-order valence-corrected chi connectivity index (χ4v) is 6.01. The minimum atomic E-state index is -0.752. The minimum Gasteiger partial charge on any atom is -0.488 e. The second-order valence-corrected chi connectivity index (χ2v) is 11.0. The molecule has 4 aromatic carbocycles. The summed E-state index contributed by atoms with van der Waals surface area (Å²) in [5, 5.41) is 4.08. The largest absolute Gasteiger partial charge is 0.488 e. The normalized spacial score (nSPS) is 15.5. The number of ether oxygens (including phenoxy) is 1. The van der Waals surface area contributed by atoms with E-state index in [0.717, 1.165) is 41.5 Å². The van der Waals surface area contributed by atoms with Gasteiger partial charge < -0.3 is 4.74 Å². The molecule has 1 N–H and O–H groups in total. The quantitative estimate of drug-likeness (QED) is 0.252. The molecule has 214 valence electrons. The summed E-state index contributed by atoms with van der Waals surface area (Å²) in [4.78, 5) is 41.0. The number of carbonyl (C=O) groups is 3. The van der Waals surface area contributed by atoms with Gasteiger partial charge in [-0.25, -0.2) is 4.39 Å². The van der Waals surface area contributed by atoms with Gasteiger partial charge in [0.05, 0.1) is 5.69 Å². The van der Waals surface area contributed by atoms with Crippen molar-refractivity contribution in [3.8, 4) is 5.75 Å². The zero-order valence-corrected chi connectivity index (χ0v) is 23.4. The van der Waals surface area contributed by atoms with Gasteiger partial charge in [-0.05, 0) is 71.3 Å². The SMILES string of the molecule is CCCC(C(=O)NC=O)N1C(=O)c2cccc3c(Cc4ccc(CN5CC(Oc6ccc(F)cc6)C5)cc4)ccc1c23. The van der Waals surface area contributed by atoms with Gasteiger partial charge in [-0.1, -0.05) is 55.8 Å². The zero-order chi connectivity index (χ0) is 29.2. The lowest BCUT2D eigenvalue weighted by molar-refractivity contribution is -0.126. The molecule has 0 saturated carbocycles. The Morgan fingerprint density at radius 2 is 1.76 bits per heavy atom. The molecule has 8 heteroatoms. The van der Waals surface area contributed by atoms with Crippen molar-refractivity contribution in [2.45, 2.75) is 44.9 Å². The van der Waals surface area contributed by atoms with Crippen LogP contribution in [0.1, 0.15) is 46.8 Å². The van der Waals surface area contributed by atoms with Gasteiger partial charge in [-0.2, -0.15) is 0 Å². The van der Waals surface area contributed by atoms with Crippen molar-refractivity contribution in [3.63, 3.8) is 0 Å². The number of imide groups is 1. The van der Waals surface area contributed by atoms with Crippen LogP contribution >= 0.6 is 0 Å². The van der Waals surface area contributed by atoms with Crippen molar-refractivity contribution >= 4 is 34.7 Å². The predicted octanol–water partition coefficient (Wildman–Crippen LogP) is 5.23. The van der Waals surface area contributed by atoms with E-state index in [2.05, 4.69) is 34.5 Å². The maximum atomic E-state index is 13.5. The van der Waals surface area contributed by atoms with Crippen molar-refractivity contribution in [3.05, 3.63) is 107 Å². The molecule has 7 nitrogen and oxygen atoms in total. The Hall–Kier alpha value is -4.56. The van der Waals surface area contributed by atoms with Gasteiger partial charge in [0.2, 0.25) is 12.3 Å². The van der Waals surface area contributed by atoms with E-state index in [1.807, 2.05) is 31.2 Å². The van der Waals surface area contributed by atoms with E-state index in [1.165, 1.54) is 17.7 Å². The van der Waals surface area contributed by atoms with Crippen molar-refractivity contribution < 1.29 is 23.5 Å². The average Bonchev–Trinajstić information content (AvgIpc) is 3.26. The van der Waals surface area contributed by atoms with Crippen molar-refractivity contribution in [2.75, 3.05) is 18.0 Å². The Balaban J connectivity index is 1.14. The van der Waals surface area contributed by atoms with Crippen LogP contribution in [0.15, 0.2) is 78.9 Å². The number of likely N-dealkylation sites (tertiary alicyclic amines) is 1. The van der Waals surface area contributed by atoms with Crippen LogP contribution in [0.2, 0.25) is 0 Å². The lowest BCUT2D eigenvalue weighted by Gasteiger charge is -2.39. The molecule has 1 unspecified atom stereocenters. The molecule has 2 aliphatic heterocycles. The highest BCUT2D eigenvalue weighted by atomic mass is 19.1. The number of nitrogens with zero attached hydrogens (tertiary/aromatic N) is 2. The number of carbonyl (C=O) groups excluding carboxylic acids is 3. The van der Waals surface area contributed by atoms with E-state index in [0.29, 0.717) is 42.7 Å². The minimum absolute atomic E-state index is 0.109. The highest BCUT2D eigenvalue weighted by molar-refractivity contribution is 6.27. The number of amides is 3. The molecular formula is C34H32FN3O4. The number of nitrogens with one attached hydrogen (secondary N) is 1. The molecule has 1 fully saturated rings. The Kier molecular flexibility index (Phi) is 7.71. The highest BCUT2D eigenvalue weighted by Crippen LogP contribution is 2.41. The third-order valence-electron chi connectivity index (χ3n) is 8.06. The smallest absolute Gasteiger partial charge is 0.259 e. The van der Waals surface area contributed by atoms with Crippen molar-refractivity contribution in [1.82, 2.24) is 10.2 Å². The molecule has 3 amide bonds. The number of hydrogen-bond donors (Lipinski definition) is 1. The third-order valence-corrected chi connectivity index (χ3v) is 8.06. The molecule has 0 bridgehead atoms. The summed E-state index contributed by atoms with van der Waals surface area (Å²) in [6, 6.07) is 23.6. The number of halogens is 1. The van der Waals surface area contributed by atoms with E-state index in [4.69, 9.17) is 4.74 Å². The first-order chi connectivity index (χ1) is 20.4. The maximum absolute atomic E-state index is 13.5. The summed E-state index contributed by atoms with van der Waals surface area (Å²) >= 11 is 0. The van der Waals surface area contributed by atoms with Gasteiger partial charge in [0.1, 0.15) is 23.7 Å². The third kappa shape index (κ3) is 5.37. The van der Waals surface area contributed by atoms with E-state index < -0.39 is 11.9 Å². The fourth-order valence-electron chi connectivity index (χ4n) is 6.01. The van der Waals surface area contributed by atoms with E-state index in [-0.39, 0.29) is 17.8 Å². The molecule has 0 spiro atoms. The Bertz CT molecular complexity index is 1630. The molecule has 42 heavy (non-hydrogen) atoms. The van der Waals surface area contributed by atoms with Crippen LogP contribution < -0.4 is 15.0 Å². The van der Waals surface area contributed by atoms with Gasteiger partial charge in [0.25, 0.3) is 5.91 Å². The van der Waals surface area contributed by atoms with Crippen LogP contribution in [-0.4, -0.2) is 48.4 Å². The number of benzene rings is 4. The van der Waals surface area contributed by atoms with Gasteiger partial charge in [-0.3, -0.25) is 29.5 Å². The predicted molar refractivity (Wildman–Crippen MR) is 159 cm³/mol. The summed E-state index contributed by atoms with van der Waals surface area (Å²) in [5.74, 6) is -0.267. The monoisotopic (exact) mass is 565 g/mol. The fraction of sp³-hybridized carbons (Fsp3) is 0.265. The molecule has 6 rings (SSSR count). The first-order valence-electron chi connectivity index (χ1n) is 14.3. The van der Waals surface area contributed by atoms with Gasteiger partial charge in [0.15, 0.2) is 0 Å². The Morgan fingerprint density at radius 1 is 1.02 bits per heavy atom. The lowest BCUT2D eigenvalue weighted by atomic mass is 9.95. The second-order valence-electron chi connectivity index (χ2n) is 11.0. The van der Waals surface area contributed by atoms with Gasteiger partial charge in [-0.15, -0.1) is 0 Å². The molecule has 2 aliphatic rings. The van der Waals surface area contributed by atoms with E-state index >= 15 is 0 Å². The van der Waals surface area contributed by atoms with Crippen LogP contribution in [0.3, 0.4) is 0 Å². The van der Waals surface area contributed by atoms with Crippen LogP contribution in [0.5, 0.6) is 5.75 Å². The molecule has 1 saturated heterocycles. The lowest BCUT2D eigenvalue weighted by Crippen LogP contribution is -2.53. The van der Waals surface area contributed by atoms with Gasteiger partial charge in [0, 0.05) is 30.6 Å². The summed E-state index contributed by atoms with van der Waals surface area (Å²) in [5.41, 5.74) is 4.77. The van der Waals surface area contributed by atoms with Crippen LogP contribution in [0.25, 0.3) is 10.8 Å². The van der Waals surface area contributed by atoms with Crippen molar-refractivity contribution in [2.24, 2.45) is 0 Å². The van der Waals surface area contributed by atoms with Crippen LogP contribution in [0, 0.1) is 5.82 Å².